The molecule has 0 bridgehead atoms. The molecule has 0 saturated carbocycles. The van der Waals surface area contributed by atoms with Crippen molar-refractivity contribution in [1.82, 2.24) is 5.32 Å². The fourth-order valence-corrected chi connectivity index (χ4v) is 1.68. The van der Waals surface area contributed by atoms with Crippen molar-refractivity contribution in [2.24, 2.45) is 0 Å². The van der Waals surface area contributed by atoms with Gasteiger partial charge in [-0.05, 0) is 6.92 Å². The second-order valence-corrected chi connectivity index (χ2v) is 5.32. The first-order valence-electron chi connectivity index (χ1n) is 5.43. The number of hydrogen-bond donors (Lipinski definition) is 1. The molecule has 1 heterocycles. The van der Waals surface area contributed by atoms with Gasteiger partial charge in [-0.15, -0.1) is 14.1 Å². The van der Waals surface area contributed by atoms with E-state index < -0.39 is 0 Å². The van der Waals surface area contributed by atoms with Crippen LogP contribution in [0.4, 0.5) is 0 Å². The van der Waals surface area contributed by atoms with E-state index in [0.29, 0.717) is 6.04 Å². The summed E-state index contributed by atoms with van der Waals surface area (Å²) in [5.74, 6) is 0. The van der Waals surface area contributed by atoms with Gasteiger partial charge in [0, 0.05) is 27.2 Å². The van der Waals surface area contributed by atoms with Gasteiger partial charge in [-0.2, -0.15) is 0 Å². The maximum absolute atomic E-state index is 4.28. The van der Waals surface area contributed by atoms with Crippen LogP contribution < -0.4 is 5.32 Å². The average molecular weight is 199 g/mol. The van der Waals surface area contributed by atoms with Crippen LogP contribution in [0.1, 0.15) is 6.92 Å². The lowest BCUT2D eigenvalue weighted by Gasteiger charge is -2.46. The van der Waals surface area contributed by atoms with Gasteiger partial charge in [0.1, 0.15) is 13.1 Å². The third kappa shape index (κ3) is 3.23. The predicted molar refractivity (Wildman–Crippen MR) is 60.0 cm³/mol. The summed E-state index contributed by atoms with van der Waals surface area (Å²) in [6.45, 7) is 7.69. The first-order valence-corrected chi connectivity index (χ1v) is 5.43. The molecule has 0 spiro atoms. The van der Waals surface area contributed by atoms with Gasteiger partial charge in [0.25, 0.3) is 0 Å². The van der Waals surface area contributed by atoms with Crippen LogP contribution in [0.5, 0.6) is 0 Å². The molecule has 1 saturated heterocycles. The van der Waals surface area contributed by atoms with Crippen molar-refractivity contribution >= 4 is 0 Å². The molecule has 1 N–H and O–H groups in total. The average Bonchev–Trinajstić information content (AvgIpc) is 2.11. The summed E-state index contributed by atoms with van der Waals surface area (Å²) < 4.78 is 1.69. The van der Waals surface area contributed by atoms with Gasteiger partial charge in [-0.3, -0.25) is 0 Å². The smallest absolute Gasteiger partial charge is 0.102 e. The summed E-state index contributed by atoms with van der Waals surface area (Å²) in [4.78, 5) is 0. The van der Waals surface area contributed by atoms with E-state index in [-0.39, 0.29) is 0 Å². The van der Waals surface area contributed by atoms with E-state index in [1.54, 1.807) is 0 Å². The molecule has 0 amide bonds. The summed E-state index contributed by atoms with van der Waals surface area (Å²) in [7, 11) is 12.9. The monoisotopic (exact) mass is 199 g/mol. The zero-order valence-corrected chi connectivity index (χ0v) is 9.92. The predicted octanol–water partition coefficient (Wildman–Crippen LogP) is 0.454. The highest BCUT2D eigenvalue weighted by molar-refractivity contribution is 4.60. The molecule has 1 rings (SSSR count). The van der Waals surface area contributed by atoms with Crippen LogP contribution >= 0.6 is 0 Å². The molecule has 0 radical (unpaired) electrons. The van der Waals surface area contributed by atoms with Crippen LogP contribution in [0.2, 0.25) is 0 Å². The summed E-state index contributed by atoms with van der Waals surface area (Å²) in [6, 6.07) is 0.577. The quantitative estimate of drug-likeness (QED) is 0.441. The molecular formula is C11H25N3. The van der Waals surface area contributed by atoms with Gasteiger partial charge in [0.2, 0.25) is 0 Å². The lowest BCUT2D eigenvalue weighted by atomic mass is 10.2. The van der Waals surface area contributed by atoms with Crippen LogP contribution in [-0.4, -0.2) is 61.8 Å². The molecule has 3 atom stereocenters. The fourth-order valence-electron chi connectivity index (χ4n) is 1.68. The van der Waals surface area contributed by atoms with E-state index in [9.17, 15) is 0 Å². The highest BCUT2D eigenvalue weighted by atomic mass is 15.4. The molecular weight excluding hydrogens is 174 g/mol. The molecule has 0 aromatic heterocycles. The minimum absolute atomic E-state index is 0.577. The maximum Gasteiger partial charge on any atom is 0.102 e. The lowest BCUT2D eigenvalue weighted by molar-refractivity contribution is -0.931. The Labute approximate surface area is 88.9 Å². The molecule has 1 aliphatic rings. The Kier molecular flexibility index (Phi) is 3.56. The molecule has 3 unspecified atom stereocenters. The minimum Gasteiger partial charge on any atom is -0.454 e. The van der Waals surface area contributed by atoms with E-state index >= 15 is 0 Å². The maximum atomic E-state index is 4.28. The number of rotatable bonds is 0. The number of nitrogens with zero attached hydrogens (tertiary/aromatic N) is 2. The highest BCUT2D eigenvalue weighted by Gasteiger charge is 2.22. The van der Waals surface area contributed by atoms with E-state index in [2.05, 4.69) is 40.4 Å². The van der Waals surface area contributed by atoms with Crippen molar-refractivity contribution < 1.29 is 8.97 Å². The second-order valence-electron chi connectivity index (χ2n) is 5.32. The van der Waals surface area contributed by atoms with Crippen molar-refractivity contribution in [2.45, 2.75) is 13.0 Å². The van der Waals surface area contributed by atoms with Crippen molar-refractivity contribution in [3.05, 3.63) is 14.1 Å². The molecule has 0 aliphatic carbocycles. The van der Waals surface area contributed by atoms with Crippen LogP contribution in [0.3, 0.4) is 0 Å². The molecule has 14 heavy (non-hydrogen) atoms. The standard InChI is InChI=1S/C11H25N3/c1-11-10-12-6-7-13(2,3)8-9-14(11,4)5/h11-12H,2,4,6-10H2,1,3,5H3. The van der Waals surface area contributed by atoms with Crippen LogP contribution in [-0.2, 0) is 0 Å². The van der Waals surface area contributed by atoms with Crippen molar-refractivity contribution in [2.75, 3.05) is 46.8 Å². The van der Waals surface area contributed by atoms with Gasteiger partial charge in [0.15, 0.2) is 0 Å². The SMILES string of the molecule is [CH2-][N+]1(C)CCNCC(C)[N+]([CH2-])(C)CC1. The normalized spacial score (nSPS) is 46.5. The van der Waals surface area contributed by atoms with Gasteiger partial charge < -0.3 is 14.3 Å². The van der Waals surface area contributed by atoms with Crippen molar-refractivity contribution in [3.8, 4) is 0 Å². The Hall–Kier alpha value is -0.120. The van der Waals surface area contributed by atoms with Gasteiger partial charge in [0.05, 0.1) is 12.6 Å². The number of nitrogens with one attached hydrogen (secondary N) is 1. The Balaban J connectivity index is 2.65. The van der Waals surface area contributed by atoms with Crippen LogP contribution in [0.25, 0.3) is 0 Å². The topological polar surface area (TPSA) is 12.0 Å². The van der Waals surface area contributed by atoms with E-state index in [1.165, 1.54) is 0 Å². The summed E-state index contributed by atoms with van der Waals surface area (Å²) in [6.07, 6.45) is 0. The second kappa shape index (κ2) is 4.17. The Morgan fingerprint density at radius 3 is 2.43 bits per heavy atom. The summed E-state index contributed by atoms with van der Waals surface area (Å²) in [5, 5.41) is 3.48. The summed E-state index contributed by atoms with van der Waals surface area (Å²) >= 11 is 0. The van der Waals surface area contributed by atoms with E-state index in [4.69, 9.17) is 0 Å². The molecule has 3 heteroatoms. The number of likely N-dealkylation sites (N-methyl/N-ethyl adjacent to an activating group) is 2. The molecule has 84 valence electrons. The summed E-state index contributed by atoms with van der Waals surface area (Å²) in [5.41, 5.74) is 0. The zero-order valence-electron chi connectivity index (χ0n) is 9.92. The third-order valence-electron chi connectivity index (χ3n) is 3.48. The molecule has 0 aromatic rings. The van der Waals surface area contributed by atoms with E-state index in [0.717, 1.165) is 41.7 Å². The number of quaternary nitrogens is 2. The van der Waals surface area contributed by atoms with Crippen LogP contribution in [0, 0.1) is 14.1 Å². The van der Waals surface area contributed by atoms with Gasteiger partial charge in [-0.25, -0.2) is 0 Å². The first-order chi connectivity index (χ1) is 6.33. The zero-order chi connectivity index (χ0) is 10.8. The fraction of sp³-hybridized carbons (Fsp3) is 0.818. The van der Waals surface area contributed by atoms with Crippen molar-refractivity contribution in [3.63, 3.8) is 0 Å². The third-order valence-corrected chi connectivity index (χ3v) is 3.48. The Bertz CT molecular complexity index is 187. The Morgan fingerprint density at radius 2 is 1.79 bits per heavy atom. The first kappa shape index (κ1) is 12.0. The largest absolute Gasteiger partial charge is 0.454 e. The highest BCUT2D eigenvalue weighted by Crippen LogP contribution is 2.11. The molecule has 0 aromatic carbocycles. The molecule has 1 fully saturated rings. The Morgan fingerprint density at radius 1 is 1.14 bits per heavy atom. The lowest BCUT2D eigenvalue weighted by Crippen LogP contribution is -2.53. The van der Waals surface area contributed by atoms with Gasteiger partial charge in [-0.1, -0.05) is 0 Å². The minimum atomic E-state index is 0.577. The van der Waals surface area contributed by atoms with Crippen LogP contribution in [0.15, 0.2) is 0 Å². The van der Waals surface area contributed by atoms with E-state index in [1.807, 2.05) is 0 Å². The van der Waals surface area contributed by atoms with Crippen molar-refractivity contribution in [1.29, 1.82) is 0 Å². The van der Waals surface area contributed by atoms with Gasteiger partial charge >= 0.3 is 0 Å². The molecule has 1 aliphatic heterocycles. The molecule has 3 nitrogen and oxygen atoms in total. The number of hydrogen-bond acceptors (Lipinski definition) is 1.